The molecule has 0 aliphatic rings. The van der Waals surface area contributed by atoms with Crippen LogP contribution in [0.3, 0.4) is 0 Å². The second-order valence-electron chi connectivity index (χ2n) is 2.06. The largest absolute Gasteiger partial charge is 0.251 e. The zero-order valence-corrected chi connectivity index (χ0v) is 5.69. The molecule has 0 saturated carbocycles. The lowest BCUT2D eigenvalue weighted by atomic mass is 10.1. The minimum Gasteiger partial charge on any atom is -0.251 e. The van der Waals surface area contributed by atoms with Crippen LogP contribution in [-0.4, -0.2) is 19.0 Å². The van der Waals surface area contributed by atoms with E-state index in [-0.39, 0.29) is 12.8 Å². The molecule has 0 saturated heterocycles. The summed E-state index contributed by atoms with van der Waals surface area (Å²) in [5, 5.41) is 0. The number of rotatable bonds is 5. The highest BCUT2D eigenvalue weighted by atomic mass is 19.2. The Balaban J connectivity index is 3.36. The predicted molar refractivity (Wildman–Crippen MR) is 35.2 cm³/mol. The van der Waals surface area contributed by atoms with Gasteiger partial charge in [-0.3, -0.25) is 4.39 Å². The van der Waals surface area contributed by atoms with E-state index >= 15 is 0 Å². The maximum absolute atomic E-state index is 12.3. The molecule has 0 spiro atoms. The molecule has 0 rings (SSSR count). The highest BCUT2D eigenvalue weighted by Gasteiger charge is 2.11. The molecule has 0 aromatic rings. The third-order valence-corrected chi connectivity index (χ3v) is 1.16. The first-order chi connectivity index (χ1) is 4.70. The van der Waals surface area contributed by atoms with Crippen molar-refractivity contribution in [3.63, 3.8) is 0 Å². The average molecular weight is 152 g/mol. The Bertz CT molecular complexity index is 92.9. The molecular formula is C7H11F3. The zero-order valence-electron chi connectivity index (χ0n) is 5.69. The molecule has 0 aliphatic heterocycles. The summed E-state index contributed by atoms with van der Waals surface area (Å²) in [5.41, 5.74) is 0. The van der Waals surface area contributed by atoms with Crippen molar-refractivity contribution in [1.82, 2.24) is 0 Å². The maximum atomic E-state index is 12.3. The highest BCUT2D eigenvalue weighted by Crippen LogP contribution is 2.10. The quantitative estimate of drug-likeness (QED) is 0.531. The van der Waals surface area contributed by atoms with Crippen LogP contribution < -0.4 is 0 Å². The van der Waals surface area contributed by atoms with Crippen molar-refractivity contribution in [2.24, 2.45) is 0 Å². The smallest absolute Gasteiger partial charge is 0.121 e. The first kappa shape index (κ1) is 9.53. The topological polar surface area (TPSA) is 0 Å². The van der Waals surface area contributed by atoms with Gasteiger partial charge in [0.25, 0.3) is 0 Å². The lowest BCUT2D eigenvalue weighted by Gasteiger charge is -2.05. The summed E-state index contributed by atoms with van der Waals surface area (Å²) in [5.74, 6) is 0. The zero-order chi connectivity index (χ0) is 7.98. The Hall–Kier alpha value is -0.470. The van der Waals surface area contributed by atoms with Crippen LogP contribution in [0.2, 0.25) is 0 Å². The van der Waals surface area contributed by atoms with Crippen LogP contribution in [0, 0.1) is 0 Å². The minimum absolute atomic E-state index is 0.214. The van der Waals surface area contributed by atoms with Crippen LogP contribution in [0.15, 0.2) is 12.7 Å². The molecule has 0 aromatic heterocycles. The van der Waals surface area contributed by atoms with Crippen LogP contribution in [-0.2, 0) is 0 Å². The van der Waals surface area contributed by atoms with E-state index in [1.165, 1.54) is 0 Å². The summed E-state index contributed by atoms with van der Waals surface area (Å²) < 4.78 is 35.9. The van der Waals surface area contributed by atoms with Crippen molar-refractivity contribution in [1.29, 1.82) is 0 Å². The van der Waals surface area contributed by atoms with Crippen molar-refractivity contribution >= 4 is 0 Å². The third kappa shape index (κ3) is 4.41. The summed E-state index contributed by atoms with van der Waals surface area (Å²) in [6.07, 6.45) is -2.19. The van der Waals surface area contributed by atoms with E-state index in [1.807, 2.05) is 0 Å². The van der Waals surface area contributed by atoms with Crippen LogP contribution >= 0.6 is 0 Å². The van der Waals surface area contributed by atoms with Gasteiger partial charge < -0.3 is 0 Å². The number of halogens is 3. The fourth-order valence-electron chi connectivity index (χ4n) is 0.577. The fourth-order valence-corrected chi connectivity index (χ4v) is 0.577. The minimum atomic E-state index is -1.38. The molecule has 0 aliphatic carbocycles. The van der Waals surface area contributed by atoms with Crippen LogP contribution in [0.1, 0.15) is 12.8 Å². The lowest BCUT2D eigenvalue weighted by molar-refractivity contribution is 0.223. The molecule has 3 heteroatoms. The van der Waals surface area contributed by atoms with Gasteiger partial charge in [-0.1, -0.05) is 6.08 Å². The average Bonchev–Trinajstić information content (AvgIpc) is 1.88. The summed E-state index contributed by atoms with van der Waals surface area (Å²) in [6, 6.07) is 0. The van der Waals surface area contributed by atoms with E-state index in [0.29, 0.717) is 0 Å². The van der Waals surface area contributed by atoms with Gasteiger partial charge in [0, 0.05) is 12.8 Å². The number of alkyl halides is 3. The van der Waals surface area contributed by atoms with E-state index in [9.17, 15) is 13.2 Å². The van der Waals surface area contributed by atoms with Crippen LogP contribution in [0.25, 0.3) is 0 Å². The number of hydrogen-bond acceptors (Lipinski definition) is 0. The molecule has 2 unspecified atom stereocenters. The van der Waals surface area contributed by atoms with E-state index in [0.717, 1.165) is 6.08 Å². The van der Waals surface area contributed by atoms with Gasteiger partial charge in [-0.05, 0) is 0 Å². The first-order valence-electron chi connectivity index (χ1n) is 3.17. The molecule has 0 radical (unpaired) electrons. The molecule has 0 N–H and O–H groups in total. The summed E-state index contributed by atoms with van der Waals surface area (Å²) >= 11 is 0. The third-order valence-electron chi connectivity index (χ3n) is 1.16. The van der Waals surface area contributed by atoms with E-state index in [4.69, 9.17) is 0 Å². The second kappa shape index (κ2) is 5.33. The molecule has 0 aromatic carbocycles. The van der Waals surface area contributed by atoms with Gasteiger partial charge in [0.1, 0.15) is 12.3 Å². The van der Waals surface area contributed by atoms with Crippen molar-refractivity contribution in [3.05, 3.63) is 12.7 Å². The van der Waals surface area contributed by atoms with Crippen molar-refractivity contribution in [3.8, 4) is 0 Å². The lowest BCUT2D eigenvalue weighted by Crippen LogP contribution is -2.08. The van der Waals surface area contributed by atoms with Crippen molar-refractivity contribution in [2.45, 2.75) is 25.2 Å². The predicted octanol–water partition coefficient (Wildman–Crippen LogP) is 2.60. The Morgan fingerprint density at radius 2 is 2.00 bits per heavy atom. The first-order valence-corrected chi connectivity index (χ1v) is 3.17. The van der Waals surface area contributed by atoms with Gasteiger partial charge in [-0.2, -0.15) is 0 Å². The van der Waals surface area contributed by atoms with Crippen molar-refractivity contribution in [2.75, 3.05) is 6.67 Å². The normalized spacial score (nSPS) is 16.3. The van der Waals surface area contributed by atoms with Gasteiger partial charge in [0.15, 0.2) is 0 Å². The monoisotopic (exact) mass is 152 g/mol. The highest BCUT2D eigenvalue weighted by molar-refractivity contribution is 4.80. The van der Waals surface area contributed by atoms with Gasteiger partial charge in [0.2, 0.25) is 0 Å². The van der Waals surface area contributed by atoms with E-state index < -0.39 is 19.0 Å². The van der Waals surface area contributed by atoms with Crippen LogP contribution in [0.5, 0.6) is 0 Å². The van der Waals surface area contributed by atoms with Gasteiger partial charge >= 0.3 is 0 Å². The molecule has 10 heavy (non-hydrogen) atoms. The maximum Gasteiger partial charge on any atom is 0.121 e. The van der Waals surface area contributed by atoms with Gasteiger partial charge in [-0.25, -0.2) is 8.78 Å². The van der Waals surface area contributed by atoms with E-state index in [2.05, 4.69) is 6.58 Å². The Labute approximate surface area is 58.7 Å². The molecule has 0 amide bonds. The molecule has 2 atom stereocenters. The summed E-state index contributed by atoms with van der Waals surface area (Å²) in [7, 11) is 0. The molecule has 0 fully saturated rings. The fraction of sp³-hybridized carbons (Fsp3) is 0.714. The SMILES string of the molecule is C=CC(F)CC(F)CCF. The van der Waals surface area contributed by atoms with Crippen LogP contribution in [0.4, 0.5) is 13.2 Å². The van der Waals surface area contributed by atoms with Gasteiger partial charge in [0.05, 0.1) is 6.67 Å². The summed E-state index contributed by atoms with van der Waals surface area (Å²) in [4.78, 5) is 0. The van der Waals surface area contributed by atoms with E-state index in [1.54, 1.807) is 0 Å². The molecule has 0 bridgehead atoms. The van der Waals surface area contributed by atoms with Crippen molar-refractivity contribution < 1.29 is 13.2 Å². The molecular weight excluding hydrogens is 141 g/mol. The molecule has 0 heterocycles. The standard InChI is InChI=1S/C7H11F3/c1-2-6(9)5-7(10)3-4-8/h2,6-7H,1,3-5H2. The summed E-state index contributed by atoms with van der Waals surface area (Å²) in [6.45, 7) is 2.41. The second-order valence-corrected chi connectivity index (χ2v) is 2.06. The number of hydrogen-bond donors (Lipinski definition) is 0. The molecule has 60 valence electrons. The Kier molecular flexibility index (Phi) is 5.08. The Morgan fingerprint density at radius 1 is 1.40 bits per heavy atom. The Morgan fingerprint density at radius 3 is 2.40 bits per heavy atom. The molecule has 0 nitrogen and oxygen atoms in total. The number of allylic oxidation sites excluding steroid dienone is 1. The van der Waals surface area contributed by atoms with Gasteiger partial charge in [-0.15, -0.1) is 6.58 Å².